The van der Waals surface area contributed by atoms with Crippen LogP contribution in [0.15, 0.2) is 24.3 Å². The fraction of sp³-hybridized carbons (Fsp3) is 0.400. The Morgan fingerprint density at radius 2 is 1.81 bits per heavy atom. The predicted octanol–water partition coefficient (Wildman–Crippen LogP) is 1.08. The molecule has 0 aromatic heterocycles. The van der Waals surface area contributed by atoms with E-state index in [1.807, 2.05) is 19.1 Å². The molecule has 3 amide bonds. The van der Waals surface area contributed by atoms with Crippen LogP contribution in [0.4, 0.5) is 4.79 Å². The molecule has 0 aliphatic rings. The molecule has 0 aliphatic carbocycles. The van der Waals surface area contributed by atoms with Gasteiger partial charge >= 0.3 is 6.03 Å². The van der Waals surface area contributed by atoms with Gasteiger partial charge < -0.3 is 11.1 Å². The van der Waals surface area contributed by atoms with Gasteiger partial charge in [0.1, 0.15) is 0 Å². The second-order valence-corrected chi connectivity index (χ2v) is 4.73. The van der Waals surface area contributed by atoms with Gasteiger partial charge in [0.2, 0.25) is 5.91 Å². The third kappa shape index (κ3) is 5.35. The molecule has 6 nitrogen and oxygen atoms in total. The van der Waals surface area contributed by atoms with Crippen molar-refractivity contribution < 1.29 is 14.4 Å². The molecule has 21 heavy (non-hydrogen) atoms. The molecule has 3 N–H and O–H groups in total. The van der Waals surface area contributed by atoms with Crippen molar-refractivity contribution in [1.29, 1.82) is 0 Å². The van der Waals surface area contributed by atoms with Gasteiger partial charge in [0.05, 0.1) is 0 Å². The number of nitrogens with two attached hydrogens (primary N) is 1. The fourth-order valence-corrected chi connectivity index (χ4v) is 1.79. The molecular formula is C15H21N3O3. The highest BCUT2D eigenvalue weighted by molar-refractivity contribution is 5.97. The Kier molecular flexibility index (Phi) is 6.55. The van der Waals surface area contributed by atoms with Gasteiger partial charge in [0, 0.05) is 38.5 Å². The maximum atomic E-state index is 11.9. The minimum Gasteiger partial charge on any atom is -0.337 e. The first-order valence-corrected chi connectivity index (χ1v) is 6.81. The number of urea groups is 1. The Labute approximate surface area is 124 Å². The zero-order chi connectivity index (χ0) is 15.8. The van der Waals surface area contributed by atoms with Crippen molar-refractivity contribution in [2.24, 2.45) is 5.73 Å². The molecule has 0 fully saturated rings. The van der Waals surface area contributed by atoms with Crippen molar-refractivity contribution in [2.75, 3.05) is 19.6 Å². The fourth-order valence-electron chi connectivity index (χ4n) is 1.79. The van der Waals surface area contributed by atoms with Crippen LogP contribution in [-0.2, 0) is 4.79 Å². The van der Waals surface area contributed by atoms with Crippen LogP contribution in [0, 0.1) is 6.92 Å². The van der Waals surface area contributed by atoms with E-state index in [1.165, 1.54) is 6.92 Å². The van der Waals surface area contributed by atoms with Gasteiger partial charge in [-0.25, -0.2) is 4.79 Å². The van der Waals surface area contributed by atoms with Crippen molar-refractivity contribution in [3.8, 4) is 0 Å². The van der Waals surface area contributed by atoms with Gasteiger partial charge in [0.15, 0.2) is 5.78 Å². The van der Waals surface area contributed by atoms with Crippen LogP contribution < -0.4 is 11.1 Å². The Hall–Kier alpha value is -2.21. The van der Waals surface area contributed by atoms with E-state index in [9.17, 15) is 14.4 Å². The summed E-state index contributed by atoms with van der Waals surface area (Å²) in [5, 5.41) is 2.55. The van der Waals surface area contributed by atoms with Crippen LogP contribution >= 0.6 is 0 Å². The van der Waals surface area contributed by atoms with E-state index in [0.29, 0.717) is 5.56 Å². The van der Waals surface area contributed by atoms with E-state index in [2.05, 4.69) is 5.32 Å². The smallest absolute Gasteiger partial charge is 0.324 e. The average molecular weight is 291 g/mol. The molecule has 0 radical (unpaired) electrons. The van der Waals surface area contributed by atoms with Gasteiger partial charge in [-0.05, 0) is 6.92 Å². The molecule has 0 heterocycles. The number of carbonyl (C=O) groups excluding carboxylic acids is 3. The number of hydrogen-bond acceptors (Lipinski definition) is 4. The highest BCUT2D eigenvalue weighted by Gasteiger charge is 2.16. The maximum Gasteiger partial charge on any atom is 0.324 e. The van der Waals surface area contributed by atoms with Crippen molar-refractivity contribution in [1.82, 2.24) is 10.2 Å². The summed E-state index contributed by atoms with van der Waals surface area (Å²) in [5.74, 6) is -0.425. The van der Waals surface area contributed by atoms with Crippen molar-refractivity contribution in [2.45, 2.75) is 20.3 Å². The first-order valence-electron chi connectivity index (χ1n) is 6.81. The highest BCUT2D eigenvalue weighted by atomic mass is 16.2. The molecule has 0 saturated carbocycles. The number of aryl methyl sites for hydroxylation is 1. The van der Waals surface area contributed by atoms with Crippen molar-refractivity contribution in [3.05, 3.63) is 35.4 Å². The number of carbonyl (C=O) groups is 3. The molecule has 1 rings (SSSR count). The molecular weight excluding hydrogens is 270 g/mol. The second-order valence-electron chi connectivity index (χ2n) is 4.73. The molecule has 0 saturated heterocycles. The molecule has 0 aliphatic heterocycles. The van der Waals surface area contributed by atoms with Crippen LogP contribution in [-0.4, -0.2) is 42.3 Å². The number of nitrogens with one attached hydrogen (secondary N) is 1. The number of rotatable bonds is 6. The van der Waals surface area contributed by atoms with E-state index in [1.54, 1.807) is 12.1 Å². The molecule has 114 valence electrons. The second kappa shape index (κ2) is 8.16. The normalized spacial score (nSPS) is 10.0. The topological polar surface area (TPSA) is 92.5 Å². The van der Waals surface area contributed by atoms with Crippen LogP contribution in [0.3, 0.4) is 0 Å². The first kappa shape index (κ1) is 16.8. The number of nitrogens with zero attached hydrogens (tertiary/aromatic N) is 1. The summed E-state index contributed by atoms with van der Waals surface area (Å²) in [7, 11) is 0. The molecule has 0 bridgehead atoms. The Balaban J connectivity index is 2.45. The molecule has 0 atom stereocenters. The van der Waals surface area contributed by atoms with Crippen LogP contribution in [0.5, 0.6) is 0 Å². The molecule has 1 aromatic carbocycles. The van der Waals surface area contributed by atoms with Gasteiger partial charge in [0.25, 0.3) is 0 Å². The molecule has 6 heteroatoms. The van der Waals surface area contributed by atoms with Gasteiger partial charge in [-0.15, -0.1) is 0 Å². The van der Waals surface area contributed by atoms with Gasteiger partial charge in [-0.2, -0.15) is 0 Å². The summed E-state index contributed by atoms with van der Waals surface area (Å²) < 4.78 is 0. The standard InChI is InChI=1S/C15H21N3O3/c1-11-3-5-13(6-4-11)14(20)7-9-17-15(21)18(10-8-16)12(2)19/h3-6H,7-10,16H2,1-2H3,(H,17,21). The molecule has 0 unspecified atom stereocenters. The molecule has 1 aromatic rings. The van der Waals surface area contributed by atoms with E-state index in [0.717, 1.165) is 10.5 Å². The maximum absolute atomic E-state index is 11.9. The lowest BCUT2D eigenvalue weighted by molar-refractivity contribution is -0.125. The number of imide groups is 1. The summed E-state index contributed by atoms with van der Waals surface area (Å²) in [6.07, 6.45) is 0.184. The van der Waals surface area contributed by atoms with E-state index in [-0.39, 0.29) is 37.7 Å². The summed E-state index contributed by atoms with van der Waals surface area (Å²) in [5.41, 5.74) is 7.04. The number of hydrogen-bond donors (Lipinski definition) is 2. The number of amides is 3. The minimum absolute atomic E-state index is 0.0523. The Morgan fingerprint density at radius 3 is 2.33 bits per heavy atom. The highest BCUT2D eigenvalue weighted by Crippen LogP contribution is 2.05. The third-order valence-electron chi connectivity index (χ3n) is 2.98. The average Bonchev–Trinajstić information content (AvgIpc) is 2.44. The van der Waals surface area contributed by atoms with Crippen LogP contribution in [0.2, 0.25) is 0 Å². The zero-order valence-electron chi connectivity index (χ0n) is 12.4. The molecule has 0 spiro atoms. The first-order chi connectivity index (χ1) is 9.95. The van der Waals surface area contributed by atoms with Crippen molar-refractivity contribution >= 4 is 17.7 Å². The van der Waals surface area contributed by atoms with E-state index >= 15 is 0 Å². The summed E-state index contributed by atoms with van der Waals surface area (Å²) >= 11 is 0. The Morgan fingerprint density at radius 1 is 1.19 bits per heavy atom. The largest absolute Gasteiger partial charge is 0.337 e. The number of benzene rings is 1. The lowest BCUT2D eigenvalue weighted by Crippen LogP contribution is -2.45. The predicted molar refractivity (Wildman–Crippen MR) is 80.0 cm³/mol. The lowest BCUT2D eigenvalue weighted by Gasteiger charge is -2.18. The zero-order valence-corrected chi connectivity index (χ0v) is 12.4. The summed E-state index contributed by atoms with van der Waals surface area (Å²) in [4.78, 5) is 36.0. The van der Waals surface area contributed by atoms with E-state index < -0.39 is 6.03 Å². The summed E-state index contributed by atoms with van der Waals surface area (Å²) in [6.45, 7) is 3.79. The van der Waals surface area contributed by atoms with Crippen LogP contribution in [0.25, 0.3) is 0 Å². The van der Waals surface area contributed by atoms with Crippen molar-refractivity contribution in [3.63, 3.8) is 0 Å². The number of Topliss-reactive ketones (excluding diaryl/α,β-unsaturated/α-hetero) is 1. The van der Waals surface area contributed by atoms with Gasteiger partial charge in [-0.3, -0.25) is 14.5 Å². The Bertz CT molecular complexity index is 511. The quantitative estimate of drug-likeness (QED) is 0.767. The third-order valence-corrected chi connectivity index (χ3v) is 2.98. The SMILES string of the molecule is CC(=O)N(CCN)C(=O)NCCC(=O)c1ccc(C)cc1. The number of ketones is 1. The summed E-state index contributed by atoms with van der Waals surface area (Å²) in [6, 6.07) is 6.73. The van der Waals surface area contributed by atoms with E-state index in [4.69, 9.17) is 5.73 Å². The monoisotopic (exact) mass is 291 g/mol. The lowest BCUT2D eigenvalue weighted by atomic mass is 10.1. The van der Waals surface area contributed by atoms with Crippen LogP contribution in [0.1, 0.15) is 29.3 Å². The minimum atomic E-state index is -0.523. The van der Waals surface area contributed by atoms with Gasteiger partial charge in [-0.1, -0.05) is 29.8 Å².